The van der Waals surface area contributed by atoms with Crippen LogP contribution >= 0.6 is 0 Å². The summed E-state index contributed by atoms with van der Waals surface area (Å²) in [6.45, 7) is 1.37. The minimum atomic E-state index is 0.267. The van der Waals surface area contributed by atoms with Crippen molar-refractivity contribution in [3.63, 3.8) is 0 Å². The number of nitrogens with zero attached hydrogens (tertiary/aromatic N) is 12. The molecule has 6 aromatic heterocycles. The average Bonchev–Trinajstić information content (AvgIpc) is 3.83. The number of anilines is 4. The molecule has 0 amide bonds. The minimum Gasteiger partial charge on any atom is -0.365 e. The Morgan fingerprint density at radius 3 is 1.41 bits per heavy atom. The summed E-state index contributed by atoms with van der Waals surface area (Å²) in [6, 6.07) is 0.534. The summed E-state index contributed by atoms with van der Waals surface area (Å²) in [6.07, 6.45) is 16.7. The summed E-state index contributed by atoms with van der Waals surface area (Å²) in [5, 5.41) is 14.1. The molecule has 0 radical (unpaired) electrons. The van der Waals surface area contributed by atoms with Crippen LogP contribution in [0.4, 0.5) is 23.5 Å². The van der Waals surface area contributed by atoms with Crippen LogP contribution in [0.3, 0.4) is 0 Å². The lowest BCUT2D eigenvalue weighted by molar-refractivity contribution is 0.428. The maximum Gasteiger partial charge on any atom is 0.226 e. The van der Waals surface area contributed by atoms with Gasteiger partial charge in [-0.2, -0.15) is 19.9 Å². The number of hydrogen-bond donors (Lipinski definition) is 4. The molecule has 4 N–H and O–H groups in total. The van der Waals surface area contributed by atoms with Crippen molar-refractivity contribution in [2.24, 2.45) is 28.2 Å². The summed E-state index contributed by atoms with van der Waals surface area (Å²) < 4.78 is 7.75. The van der Waals surface area contributed by atoms with Crippen molar-refractivity contribution >= 4 is 45.9 Å². The molecule has 0 bridgehead atoms. The monoisotopic (exact) mass is 624 g/mol. The Balaban J connectivity index is 0.985. The highest BCUT2D eigenvalue weighted by molar-refractivity contribution is 5.85. The number of imidazole rings is 4. The number of aromatic nitrogens is 12. The van der Waals surface area contributed by atoms with Gasteiger partial charge in [0.2, 0.25) is 11.9 Å². The Kier molecular flexibility index (Phi) is 8.07. The van der Waals surface area contributed by atoms with Crippen LogP contribution in [-0.4, -0.2) is 83.3 Å². The summed E-state index contributed by atoms with van der Waals surface area (Å²) >= 11 is 0. The molecule has 0 unspecified atom stereocenters. The molecule has 6 aromatic rings. The van der Waals surface area contributed by atoms with Crippen LogP contribution < -0.4 is 21.3 Å². The summed E-state index contributed by atoms with van der Waals surface area (Å²) in [5.74, 6) is 2.68. The van der Waals surface area contributed by atoms with E-state index in [1.54, 1.807) is 12.7 Å². The number of rotatable bonds is 12. The molecule has 0 aromatic carbocycles. The molecule has 16 heteroatoms. The van der Waals surface area contributed by atoms with Crippen molar-refractivity contribution in [3.05, 3.63) is 49.1 Å². The molecule has 0 spiro atoms. The van der Waals surface area contributed by atoms with Gasteiger partial charge in [0.05, 0.1) is 36.7 Å². The first kappa shape index (κ1) is 29.4. The summed E-state index contributed by atoms with van der Waals surface area (Å²) in [4.78, 5) is 37.1. The molecule has 0 saturated heterocycles. The molecule has 1 saturated carbocycles. The lowest BCUT2D eigenvalue weighted by Gasteiger charge is -2.30. The third-order valence-corrected chi connectivity index (χ3v) is 8.37. The molecule has 16 nitrogen and oxygen atoms in total. The quantitative estimate of drug-likeness (QED) is 0.157. The van der Waals surface area contributed by atoms with Gasteiger partial charge in [0, 0.05) is 78.6 Å². The molecule has 46 heavy (non-hydrogen) atoms. The number of fused-ring (bicyclic) bond motifs is 2. The van der Waals surface area contributed by atoms with E-state index in [1.165, 1.54) is 0 Å². The van der Waals surface area contributed by atoms with Crippen molar-refractivity contribution in [2.75, 3.05) is 34.4 Å². The normalized spacial score (nSPS) is 16.7. The topological polar surface area (TPSA) is 171 Å². The Hall–Kier alpha value is -5.28. The van der Waals surface area contributed by atoms with E-state index in [1.807, 2.05) is 71.5 Å². The van der Waals surface area contributed by atoms with E-state index >= 15 is 0 Å². The van der Waals surface area contributed by atoms with Gasteiger partial charge in [-0.1, -0.05) is 0 Å². The molecular weight excluding hydrogens is 584 g/mol. The van der Waals surface area contributed by atoms with Gasteiger partial charge in [0.25, 0.3) is 0 Å². The van der Waals surface area contributed by atoms with Gasteiger partial charge in [-0.3, -0.25) is 0 Å². The summed E-state index contributed by atoms with van der Waals surface area (Å²) in [7, 11) is 7.85. The van der Waals surface area contributed by atoms with Crippen LogP contribution in [0.1, 0.15) is 37.1 Å². The zero-order valence-electron chi connectivity index (χ0n) is 26.6. The zero-order valence-corrected chi connectivity index (χ0v) is 26.6. The smallest absolute Gasteiger partial charge is 0.226 e. The fourth-order valence-corrected chi connectivity index (χ4v) is 5.94. The lowest BCUT2D eigenvalue weighted by Crippen LogP contribution is -2.33. The highest BCUT2D eigenvalue weighted by Gasteiger charge is 2.25. The molecule has 1 aliphatic carbocycles. The Bertz CT molecular complexity index is 1800. The van der Waals surface area contributed by atoms with Crippen molar-refractivity contribution in [1.82, 2.24) is 58.1 Å². The lowest BCUT2D eigenvalue weighted by atomic mass is 9.91. The van der Waals surface area contributed by atoms with Crippen molar-refractivity contribution < 1.29 is 0 Å². The van der Waals surface area contributed by atoms with Gasteiger partial charge in [-0.15, -0.1) is 0 Å². The van der Waals surface area contributed by atoms with Gasteiger partial charge in [0.15, 0.2) is 34.0 Å². The maximum absolute atomic E-state index is 4.83. The average molecular weight is 625 g/mol. The Morgan fingerprint density at radius 1 is 0.587 bits per heavy atom. The first-order valence-electron chi connectivity index (χ1n) is 15.7. The second-order valence-corrected chi connectivity index (χ2v) is 12.1. The van der Waals surface area contributed by atoms with E-state index in [2.05, 4.69) is 41.2 Å². The van der Waals surface area contributed by atoms with E-state index < -0.39 is 0 Å². The predicted octanol–water partition coefficient (Wildman–Crippen LogP) is 2.65. The van der Waals surface area contributed by atoms with Gasteiger partial charge in [-0.25, -0.2) is 19.9 Å². The second-order valence-electron chi connectivity index (χ2n) is 12.1. The van der Waals surface area contributed by atoms with Crippen LogP contribution in [0.15, 0.2) is 37.7 Å². The van der Waals surface area contributed by atoms with Crippen molar-refractivity contribution in [2.45, 2.75) is 50.6 Å². The van der Waals surface area contributed by atoms with Crippen LogP contribution in [-0.2, 0) is 41.0 Å². The molecular formula is C30H40N16. The molecule has 0 aliphatic heterocycles. The number of nitrogens with one attached hydrogen (secondary N) is 4. The van der Waals surface area contributed by atoms with E-state index in [4.69, 9.17) is 19.9 Å². The molecule has 1 fully saturated rings. The van der Waals surface area contributed by atoms with Crippen LogP contribution in [0, 0.1) is 0 Å². The fraction of sp³-hybridized carbons (Fsp3) is 0.467. The van der Waals surface area contributed by atoms with Crippen LogP contribution in [0.2, 0.25) is 0 Å². The van der Waals surface area contributed by atoms with Crippen LogP contribution in [0.25, 0.3) is 22.3 Å². The molecule has 0 atom stereocenters. The van der Waals surface area contributed by atoms with Gasteiger partial charge in [-0.05, 0) is 25.7 Å². The third-order valence-electron chi connectivity index (χ3n) is 8.37. The van der Waals surface area contributed by atoms with Crippen LogP contribution in [0.5, 0.6) is 0 Å². The standard InChI is InChI=1S/C30H40N16/c1-43-13-21(33-15-43)9-11-31-29-39-25(23-27(41-29)45(3)17-35-23)37-19-5-7-20(8-6-19)38-26-24-28(46(4)18-36-24)42-30(40-26)32-12-10-22-14-44(2)16-34-22/h13-20H,5-12H2,1-4H3,(H2,31,37,39,41)(H2,32,38,40,42). The van der Waals surface area contributed by atoms with Crippen molar-refractivity contribution in [3.8, 4) is 0 Å². The first-order valence-corrected chi connectivity index (χ1v) is 15.7. The van der Waals surface area contributed by atoms with E-state index in [0.29, 0.717) is 25.0 Å². The molecule has 7 rings (SSSR count). The molecule has 240 valence electrons. The highest BCUT2D eigenvalue weighted by atomic mass is 15.2. The number of hydrogen-bond acceptors (Lipinski definition) is 12. The second kappa shape index (κ2) is 12.6. The van der Waals surface area contributed by atoms with Crippen molar-refractivity contribution in [1.29, 1.82) is 0 Å². The van der Waals surface area contributed by atoms with E-state index in [0.717, 1.165) is 83.9 Å². The fourth-order valence-electron chi connectivity index (χ4n) is 5.94. The maximum atomic E-state index is 4.83. The summed E-state index contributed by atoms with van der Waals surface area (Å²) in [5.41, 5.74) is 5.19. The van der Waals surface area contributed by atoms with Gasteiger partial charge in [0.1, 0.15) is 0 Å². The van der Waals surface area contributed by atoms with E-state index in [9.17, 15) is 0 Å². The Labute approximate surface area is 266 Å². The zero-order chi connectivity index (χ0) is 31.6. The predicted molar refractivity (Wildman–Crippen MR) is 177 cm³/mol. The van der Waals surface area contributed by atoms with E-state index in [-0.39, 0.29) is 12.1 Å². The Morgan fingerprint density at radius 2 is 1.02 bits per heavy atom. The minimum absolute atomic E-state index is 0.267. The highest BCUT2D eigenvalue weighted by Crippen LogP contribution is 2.29. The third kappa shape index (κ3) is 6.41. The first-order chi connectivity index (χ1) is 22.4. The molecule has 1 aliphatic rings. The number of aryl methyl sites for hydroxylation is 4. The van der Waals surface area contributed by atoms with Gasteiger partial charge < -0.3 is 39.5 Å². The molecule has 6 heterocycles. The largest absolute Gasteiger partial charge is 0.365 e. The SMILES string of the molecule is Cn1cnc(CCNc2nc(NC3CCC(Nc4nc(NCCc5cn(C)cn5)nc5c4ncn5C)CC3)c3ncn(C)c3n2)c1. The van der Waals surface area contributed by atoms with Gasteiger partial charge >= 0.3 is 0 Å².